The number of aromatic carboxylic acids is 1. The van der Waals surface area contributed by atoms with Crippen molar-refractivity contribution < 1.29 is 15.0 Å². The first-order valence-corrected chi connectivity index (χ1v) is 8.57. The van der Waals surface area contributed by atoms with Gasteiger partial charge >= 0.3 is 5.97 Å². The standard InChI is InChI=1S/C20H21N3O3/c1-2-5-18-21-22-19(13-24)23(18)12-14-8-10-15(11-9-14)16-6-3-4-7-17(16)20(25)26/h3-4,6-11,24H,2,5,12-13H2,1H3,(H,25,26). The van der Waals surface area contributed by atoms with Gasteiger partial charge < -0.3 is 14.8 Å². The van der Waals surface area contributed by atoms with Gasteiger partial charge in [-0.25, -0.2) is 4.79 Å². The van der Waals surface area contributed by atoms with E-state index in [2.05, 4.69) is 17.1 Å². The molecule has 0 aliphatic carbocycles. The first-order valence-electron chi connectivity index (χ1n) is 8.57. The van der Waals surface area contributed by atoms with Crippen LogP contribution in [0.2, 0.25) is 0 Å². The SMILES string of the molecule is CCCc1nnc(CO)n1Cc1ccc(-c2ccccc2C(=O)O)cc1. The van der Waals surface area contributed by atoms with E-state index in [1.165, 1.54) is 0 Å². The molecule has 0 unspecified atom stereocenters. The van der Waals surface area contributed by atoms with Crippen LogP contribution in [0.15, 0.2) is 48.5 Å². The number of carboxylic acid groups (broad SMARTS) is 1. The predicted octanol–water partition coefficient (Wildman–Crippen LogP) is 3.14. The van der Waals surface area contributed by atoms with Crippen LogP contribution in [0.3, 0.4) is 0 Å². The van der Waals surface area contributed by atoms with Crippen molar-refractivity contribution in [2.75, 3.05) is 0 Å². The van der Waals surface area contributed by atoms with Crippen molar-refractivity contribution in [3.63, 3.8) is 0 Å². The number of hydrogen-bond acceptors (Lipinski definition) is 4. The molecule has 0 fully saturated rings. The molecule has 0 saturated heterocycles. The molecule has 0 atom stereocenters. The second-order valence-corrected chi connectivity index (χ2v) is 6.07. The number of rotatable bonds is 7. The van der Waals surface area contributed by atoms with E-state index < -0.39 is 5.97 Å². The fourth-order valence-corrected chi connectivity index (χ4v) is 2.97. The highest BCUT2D eigenvalue weighted by molar-refractivity contribution is 5.95. The first kappa shape index (κ1) is 17.8. The number of aryl methyl sites for hydroxylation is 1. The van der Waals surface area contributed by atoms with Gasteiger partial charge in [-0.2, -0.15) is 0 Å². The topological polar surface area (TPSA) is 88.2 Å². The zero-order valence-corrected chi connectivity index (χ0v) is 14.6. The number of hydrogen-bond donors (Lipinski definition) is 2. The minimum atomic E-state index is -0.939. The molecule has 3 aromatic rings. The van der Waals surface area contributed by atoms with E-state index >= 15 is 0 Å². The lowest BCUT2D eigenvalue weighted by atomic mass is 9.99. The largest absolute Gasteiger partial charge is 0.478 e. The van der Waals surface area contributed by atoms with Crippen molar-refractivity contribution >= 4 is 5.97 Å². The molecule has 6 nitrogen and oxygen atoms in total. The molecule has 0 aliphatic heterocycles. The van der Waals surface area contributed by atoms with E-state index in [0.29, 0.717) is 17.9 Å². The fourth-order valence-electron chi connectivity index (χ4n) is 2.97. The molecule has 0 bridgehead atoms. The normalized spacial score (nSPS) is 10.8. The summed E-state index contributed by atoms with van der Waals surface area (Å²) >= 11 is 0. The molecule has 26 heavy (non-hydrogen) atoms. The molecule has 0 amide bonds. The van der Waals surface area contributed by atoms with Gasteiger partial charge in [0.15, 0.2) is 5.82 Å². The molecule has 0 aliphatic rings. The van der Waals surface area contributed by atoms with Gasteiger partial charge in [-0.15, -0.1) is 10.2 Å². The maximum Gasteiger partial charge on any atom is 0.336 e. The van der Waals surface area contributed by atoms with Gasteiger partial charge in [0.05, 0.1) is 12.1 Å². The Balaban J connectivity index is 1.88. The van der Waals surface area contributed by atoms with Gasteiger partial charge in [0, 0.05) is 6.42 Å². The Bertz CT molecular complexity index is 901. The Labute approximate surface area is 151 Å². The molecule has 134 valence electrons. The van der Waals surface area contributed by atoms with E-state index in [1.807, 2.05) is 41.0 Å². The number of benzene rings is 2. The first-order chi connectivity index (χ1) is 12.6. The third kappa shape index (κ3) is 3.65. The number of aliphatic hydroxyl groups is 1. The van der Waals surface area contributed by atoms with E-state index in [-0.39, 0.29) is 12.2 Å². The molecule has 1 aromatic heterocycles. The van der Waals surface area contributed by atoms with Crippen LogP contribution in [0.5, 0.6) is 0 Å². The third-order valence-corrected chi connectivity index (χ3v) is 4.28. The number of carboxylic acids is 1. The van der Waals surface area contributed by atoms with Crippen LogP contribution < -0.4 is 0 Å². The highest BCUT2D eigenvalue weighted by Gasteiger charge is 2.13. The average molecular weight is 351 g/mol. The minimum Gasteiger partial charge on any atom is -0.478 e. The molecular weight excluding hydrogens is 330 g/mol. The van der Waals surface area contributed by atoms with Crippen molar-refractivity contribution in [1.82, 2.24) is 14.8 Å². The Morgan fingerprint density at radius 2 is 1.73 bits per heavy atom. The molecule has 3 rings (SSSR count). The zero-order chi connectivity index (χ0) is 18.5. The lowest BCUT2D eigenvalue weighted by Crippen LogP contribution is -2.09. The molecule has 2 aromatic carbocycles. The van der Waals surface area contributed by atoms with Crippen LogP contribution in [-0.4, -0.2) is 30.9 Å². The monoisotopic (exact) mass is 351 g/mol. The average Bonchev–Trinajstić information content (AvgIpc) is 3.04. The summed E-state index contributed by atoms with van der Waals surface area (Å²) in [5.41, 5.74) is 2.87. The van der Waals surface area contributed by atoms with Crippen LogP contribution in [0, 0.1) is 0 Å². The summed E-state index contributed by atoms with van der Waals surface area (Å²) < 4.78 is 1.93. The van der Waals surface area contributed by atoms with Gasteiger partial charge in [-0.1, -0.05) is 49.4 Å². The molecule has 6 heteroatoms. The lowest BCUT2D eigenvalue weighted by molar-refractivity contribution is 0.0697. The van der Waals surface area contributed by atoms with Crippen LogP contribution in [0.4, 0.5) is 0 Å². The van der Waals surface area contributed by atoms with E-state index in [1.54, 1.807) is 12.1 Å². The van der Waals surface area contributed by atoms with Crippen LogP contribution in [-0.2, 0) is 19.6 Å². The smallest absolute Gasteiger partial charge is 0.336 e. The summed E-state index contributed by atoms with van der Waals surface area (Å²) in [7, 11) is 0. The second kappa shape index (κ2) is 7.93. The summed E-state index contributed by atoms with van der Waals surface area (Å²) in [6, 6.07) is 14.7. The molecule has 0 saturated carbocycles. The Kier molecular flexibility index (Phi) is 5.43. The maximum absolute atomic E-state index is 11.4. The molecule has 0 spiro atoms. The van der Waals surface area contributed by atoms with Crippen molar-refractivity contribution in [3.05, 3.63) is 71.3 Å². The van der Waals surface area contributed by atoms with Gasteiger partial charge in [0.2, 0.25) is 0 Å². The fraction of sp³-hybridized carbons (Fsp3) is 0.250. The molecular formula is C20H21N3O3. The number of carbonyl (C=O) groups is 1. The number of aromatic nitrogens is 3. The summed E-state index contributed by atoms with van der Waals surface area (Å²) in [6.45, 7) is 2.49. The van der Waals surface area contributed by atoms with Crippen molar-refractivity contribution in [2.24, 2.45) is 0 Å². The number of nitrogens with zero attached hydrogens (tertiary/aromatic N) is 3. The quantitative estimate of drug-likeness (QED) is 0.683. The van der Waals surface area contributed by atoms with Gasteiger partial charge in [0.25, 0.3) is 0 Å². The van der Waals surface area contributed by atoms with E-state index in [9.17, 15) is 15.0 Å². The summed E-state index contributed by atoms with van der Waals surface area (Å²) in [5.74, 6) is 0.469. The van der Waals surface area contributed by atoms with Gasteiger partial charge in [-0.3, -0.25) is 0 Å². The van der Waals surface area contributed by atoms with Crippen molar-refractivity contribution in [3.8, 4) is 11.1 Å². The molecule has 0 radical (unpaired) electrons. The molecule has 1 heterocycles. The van der Waals surface area contributed by atoms with Crippen molar-refractivity contribution in [1.29, 1.82) is 0 Å². The maximum atomic E-state index is 11.4. The second-order valence-electron chi connectivity index (χ2n) is 6.07. The van der Waals surface area contributed by atoms with Crippen molar-refractivity contribution in [2.45, 2.75) is 32.9 Å². The van der Waals surface area contributed by atoms with Crippen LogP contribution >= 0.6 is 0 Å². The van der Waals surface area contributed by atoms with Crippen LogP contribution in [0.1, 0.15) is 40.9 Å². The van der Waals surface area contributed by atoms with Crippen LogP contribution in [0.25, 0.3) is 11.1 Å². The Morgan fingerprint density at radius 1 is 1.04 bits per heavy atom. The summed E-state index contributed by atoms with van der Waals surface area (Å²) in [4.78, 5) is 11.4. The lowest BCUT2D eigenvalue weighted by Gasteiger charge is -2.11. The highest BCUT2D eigenvalue weighted by Crippen LogP contribution is 2.24. The highest BCUT2D eigenvalue weighted by atomic mass is 16.4. The van der Waals surface area contributed by atoms with E-state index in [4.69, 9.17) is 0 Å². The predicted molar refractivity (Wildman–Crippen MR) is 97.9 cm³/mol. The zero-order valence-electron chi connectivity index (χ0n) is 14.6. The van der Waals surface area contributed by atoms with Gasteiger partial charge in [-0.05, 0) is 29.2 Å². The van der Waals surface area contributed by atoms with E-state index in [0.717, 1.165) is 29.8 Å². The molecule has 2 N–H and O–H groups in total. The third-order valence-electron chi connectivity index (χ3n) is 4.28. The summed E-state index contributed by atoms with van der Waals surface area (Å²) in [6.07, 6.45) is 1.76. The minimum absolute atomic E-state index is 0.152. The Hall–Kier alpha value is -2.99. The van der Waals surface area contributed by atoms with Gasteiger partial charge in [0.1, 0.15) is 12.4 Å². The number of aliphatic hydroxyl groups excluding tert-OH is 1. The summed E-state index contributed by atoms with van der Waals surface area (Å²) in [5, 5.41) is 27.0. The Morgan fingerprint density at radius 3 is 2.38 bits per heavy atom.